The van der Waals surface area contributed by atoms with Crippen LogP contribution in [0.2, 0.25) is 0 Å². The Bertz CT molecular complexity index is 693. The number of thioether (sulfide) groups is 1. The third kappa shape index (κ3) is 4.39. The zero-order valence-corrected chi connectivity index (χ0v) is 17.0. The molecule has 0 aliphatic carbocycles. The van der Waals surface area contributed by atoms with Crippen molar-refractivity contribution >= 4 is 33.6 Å². The number of nitrogens with zero attached hydrogens (tertiary/aromatic N) is 3. The molecule has 24 heavy (non-hydrogen) atoms. The number of aromatic amines is 1. The SMILES string of the molecule is CC(Sc1n[nH]c(-c2ccccc2Br)n1)C(=O)N(C(C)C)C(C)C. The zero-order chi connectivity index (χ0) is 17.9. The van der Waals surface area contributed by atoms with Gasteiger partial charge in [0.2, 0.25) is 11.1 Å². The van der Waals surface area contributed by atoms with Gasteiger partial charge in [-0.1, -0.05) is 45.9 Å². The standard InChI is InChI=1S/C17H23BrN4OS/c1-10(2)22(11(3)4)16(23)12(5)24-17-19-15(20-21-17)13-8-6-7-9-14(13)18/h6-12H,1-5H3,(H,19,20,21). The van der Waals surface area contributed by atoms with E-state index in [1.54, 1.807) is 0 Å². The minimum Gasteiger partial charge on any atom is -0.337 e. The van der Waals surface area contributed by atoms with E-state index >= 15 is 0 Å². The number of halogens is 1. The van der Waals surface area contributed by atoms with Gasteiger partial charge in [-0.25, -0.2) is 4.98 Å². The molecule has 0 saturated carbocycles. The Balaban J connectivity index is 2.12. The molecule has 1 unspecified atom stereocenters. The summed E-state index contributed by atoms with van der Waals surface area (Å²) in [6.45, 7) is 10.0. The molecular weight excluding hydrogens is 388 g/mol. The first kappa shape index (κ1) is 19.0. The molecule has 0 bridgehead atoms. The fraction of sp³-hybridized carbons (Fsp3) is 0.471. The van der Waals surface area contributed by atoms with Crippen molar-refractivity contribution in [2.24, 2.45) is 0 Å². The number of hydrogen-bond acceptors (Lipinski definition) is 4. The molecule has 130 valence electrons. The van der Waals surface area contributed by atoms with Crippen LogP contribution in [0.3, 0.4) is 0 Å². The summed E-state index contributed by atoms with van der Waals surface area (Å²) in [5.74, 6) is 0.798. The van der Waals surface area contributed by atoms with Crippen LogP contribution in [0.4, 0.5) is 0 Å². The second-order valence-electron chi connectivity index (χ2n) is 6.14. The average Bonchev–Trinajstić information content (AvgIpc) is 2.95. The summed E-state index contributed by atoms with van der Waals surface area (Å²) in [6.07, 6.45) is 0. The molecule has 0 fully saturated rings. The lowest BCUT2D eigenvalue weighted by Gasteiger charge is -2.32. The summed E-state index contributed by atoms with van der Waals surface area (Å²) in [7, 11) is 0. The summed E-state index contributed by atoms with van der Waals surface area (Å²) in [4.78, 5) is 19.1. The molecule has 2 aromatic rings. The van der Waals surface area contributed by atoms with Crippen LogP contribution in [-0.4, -0.2) is 43.3 Å². The van der Waals surface area contributed by atoms with Crippen molar-refractivity contribution in [2.45, 2.75) is 57.1 Å². The number of carbonyl (C=O) groups is 1. The molecular formula is C17H23BrN4OS. The van der Waals surface area contributed by atoms with Gasteiger partial charge in [-0.05, 0) is 40.7 Å². The number of benzene rings is 1. The van der Waals surface area contributed by atoms with Gasteiger partial charge in [0, 0.05) is 22.1 Å². The number of H-pyrrole nitrogens is 1. The van der Waals surface area contributed by atoms with Crippen molar-refractivity contribution in [3.8, 4) is 11.4 Å². The molecule has 0 aliphatic heterocycles. The van der Waals surface area contributed by atoms with E-state index < -0.39 is 0 Å². The summed E-state index contributed by atoms with van der Waals surface area (Å²) >= 11 is 4.89. The fourth-order valence-electron chi connectivity index (χ4n) is 2.60. The lowest BCUT2D eigenvalue weighted by molar-refractivity contribution is -0.133. The first-order chi connectivity index (χ1) is 11.3. The van der Waals surface area contributed by atoms with Gasteiger partial charge in [-0.15, -0.1) is 5.10 Å². The van der Waals surface area contributed by atoms with Gasteiger partial charge < -0.3 is 4.90 Å². The van der Waals surface area contributed by atoms with E-state index in [0.29, 0.717) is 11.0 Å². The molecule has 1 amide bonds. The molecule has 5 nitrogen and oxygen atoms in total. The van der Waals surface area contributed by atoms with Crippen LogP contribution in [0, 0.1) is 0 Å². The second kappa shape index (κ2) is 8.16. The molecule has 1 aromatic carbocycles. The Labute approximate surface area is 155 Å². The van der Waals surface area contributed by atoms with Crippen LogP contribution in [0.15, 0.2) is 33.9 Å². The number of nitrogens with one attached hydrogen (secondary N) is 1. The Hall–Kier alpha value is -1.34. The lowest BCUT2D eigenvalue weighted by Crippen LogP contribution is -2.45. The lowest BCUT2D eigenvalue weighted by atomic mass is 10.2. The number of carbonyl (C=O) groups excluding carboxylic acids is 1. The van der Waals surface area contributed by atoms with Crippen molar-refractivity contribution < 1.29 is 4.79 Å². The van der Waals surface area contributed by atoms with Crippen LogP contribution in [0.5, 0.6) is 0 Å². The van der Waals surface area contributed by atoms with E-state index in [1.165, 1.54) is 11.8 Å². The minimum absolute atomic E-state index is 0.109. The van der Waals surface area contributed by atoms with Gasteiger partial charge >= 0.3 is 0 Å². The van der Waals surface area contributed by atoms with Crippen LogP contribution in [0.25, 0.3) is 11.4 Å². The van der Waals surface area contributed by atoms with E-state index in [0.717, 1.165) is 10.0 Å². The van der Waals surface area contributed by atoms with Crippen molar-refractivity contribution in [1.82, 2.24) is 20.1 Å². The van der Waals surface area contributed by atoms with E-state index in [4.69, 9.17) is 0 Å². The normalized spacial score (nSPS) is 12.7. The maximum absolute atomic E-state index is 12.7. The van der Waals surface area contributed by atoms with Gasteiger partial charge in [0.15, 0.2) is 5.82 Å². The highest BCUT2D eigenvalue weighted by atomic mass is 79.9. The smallest absolute Gasteiger partial charge is 0.236 e. The van der Waals surface area contributed by atoms with Gasteiger partial charge in [0.1, 0.15) is 0 Å². The van der Waals surface area contributed by atoms with E-state index in [-0.39, 0.29) is 23.2 Å². The highest BCUT2D eigenvalue weighted by molar-refractivity contribution is 9.10. The van der Waals surface area contributed by atoms with Crippen LogP contribution < -0.4 is 0 Å². The summed E-state index contributed by atoms with van der Waals surface area (Å²) in [6, 6.07) is 8.16. The number of rotatable bonds is 6. The number of aromatic nitrogens is 3. The van der Waals surface area contributed by atoms with Gasteiger partial charge in [0.05, 0.1) is 5.25 Å². The van der Waals surface area contributed by atoms with Crippen LogP contribution in [-0.2, 0) is 4.79 Å². The molecule has 0 aliphatic rings. The van der Waals surface area contributed by atoms with Crippen molar-refractivity contribution in [3.63, 3.8) is 0 Å². The zero-order valence-electron chi connectivity index (χ0n) is 14.6. The molecule has 7 heteroatoms. The summed E-state index contributed by atoms with van der Waals surface area (Å²) < 4.78 is 0.951. The minimum atomic E-state index is -0.238. The Morgan fingerprint density at radius 3 is 2.38 bits per heavy atom. The van der Waals surface area contributed by atoms with Crippen molar-refractivity contribution in [3.05, 3.63) is 28.7 Å². The van der Waals surface area contributed by atoms with Gasteiger partial charge in [-0.3, -0.25) is 9.89 Å². The van der Waals surface area contributed by atoms with Crippen molar-refractivity contribution in [1.29, 1.82) is 0 Å². The molecule has 1 aromatic heterocycles. The predicted molar refractivity (Wildman–Crippen MR) is 102 cm³/mol. The maximum Gasteiger partial charge on any atom is 0.236 e. The van der Waals surface area contributed by atoms with Crippen LogP contribution >= 0.6 is 27.7 Å². The quantitative estimate of drug-likeness (QED) is 0.718. The molecule has 1 N–H and O–H groups in total. The predicted octanol–water partition coefficient (Wildman–Crippen LogP) is 4.36. The molecule has 2 rings (SSSR count). The van der Waals surface area contributed by atoms with E-state index in [2.05, 4.69) is 31.1 Å². The highest BCUT2D eigenvalue weighted by Crippen LogP contribution is 2.28. The molecule has 0 saturated heterocycles. The largest absolute Gasteiger partial charge is 0.337 e. The second-order valence-corrected chi connectivity index (χ2v) is 8.30. The Morgan fingerprint density at radius 1 is 1.17 bits per heavy atom. The van der Waals surface area contributed by atoms with Crippen molar-refractivity contribution in [2.75, 3.05) is 0 Å². The molecule has 0 spiro atoms. The van der Waals surface area contributed by atoms with Crippen LogP contribution in [0.1, 0.15) is 34.6 Å². The van der Waals surface area contributed by atoms with E-state index in [1.807, 2.05) is 63.8 Å². The average molecular weight is 411 g/mol. The Morgan fingerprint density at radius 2 is 1.79 bits per heavy atom. The highest BCUT2D eigenvalue weighted by Gasteiger charge is 2.26. The molecule has 1 heterocycles. The first-order valence-corrected chi connectivity index (χ1v) is 9.64. The maximum atomic E-state index is 12.7. The third-order valence-corrected chi connectivity index (χ3v) is 5.23. The molecule has 1 atom stereocenters. The topological polar surface area (TPSA) is 61.9 Å². The number of hydrogen-bond donors (Lipinski definition) is 1. The summed E-state index contributed by atoms with van der Waals surface area (Å²) in [5, 5.41) is 7.53. The molecule has 0 radical (unpaired) electrons. The van der Waals surface area contributed by atoms with Gasteiger partial charge in [0.25, 0.3) is 0 Å². The van der Waals surface area contributed by atoms with E-state index in [9.17, 15) is 4.79 Å². The first-order valence-electron chi connectivity index (χ1n) is 7.97. The summed E-state index contributed by atoms with van der Waals surface area (Å²) in [5.41, 5.74) is 0.946. The third-order valence-electron chi connectivity index (χ3n) is 3.59. The number of amides is 1. The van der Waals surface area contributed by atoms with Gasteiger partial charge in [-0.2, -0.15) is 0 Å². The Kier molecular flexibility index (Phi) is 6.46. The monoisotopic (exact) mass is 410 g/mol. The fourth-order valence-corrected chi connectivity index (χ4v) is 3.85.